The van der Waals surface area contributed by atoms with Crippen LogP contribution in [0.15, 0.2) is 27.7 Å². The van der Waals surface area contributed by atoms with Crippen LogP contribution in [0, 0.1) is 5.92 Å². The van der Waals surface area contributed by atoms with Crippen LogP contribution in [-0.2, 0) is 5.54 Å². The van der Waals surface area contributed by atoms with Crippen molar-refractivity contribution < 1.29 is 4.74 Å². The molecule has 1 aromatic rings. The van der Waals surface area contributed by atoms with E-state index in [0.717, 1.165) is 48.4 Å². The van der Waals surface area contributed by atoms with Gasteiger partial charge in [-0.15, -0.1) is 0 Å². The third-order valence-corrected chi connectivity index (χ3v) is 5.65. The Morgan fingerprint density at radius 1 is 1.48 bits per heavy atom. The van der Waals surface area contributed by atoms with Crippen LogP contribution < -0.4 is 10.5 Å². The summed E-state index contributed by atoms with van der Waals surface area (Å²) in [7, 11) is 2.18. The summed E-state index contributed by atoms with van der Waals surface area (Å²) in [5.41, 5.74) is 7.08. The molecule has 4 rings (SSSR count). The Labute approximate surface area is 133 Å². The molecule has 2 N–H and O–H groups in total. The molecule has 3 unspecified atom stereocenters. The van der Waals surface area contributed by atoms with Gasteiger partial charge in [-0.3, -0.25) is 4.99 Å². The molecule has 4 nitrogen and oxygen atoms in total. The number of fused-ring (bicyclic) bond motifs is 4. The van der Waals surface area contributed by atoms with Crippen molar-refractivity contribution in [3.05, 3.63) is 28.2 Å². The van der Waals surface area contributed by atoms with Crippen LogP contribution >= 0.6 is 15.9 Å². The van der Waals surface area contributed by atoms with Gasteiger partial charge in [-0.1, -0.05) is 15.9 Å². The summed E-state index contributed by atoms with van der Waals surface area (Å²) < 4.78 is 7.38. The van der Waals surface area contributed by atoms with Gasteiger partial charge in [-0.05, 0) is 38.1 Å². The molecule has 0 amide bonds. The molecule has 3 aliphatic heterocycles. The fourth-order valence-electron chi connectivity index (χ4n) is 4.15. The van der Waals surface area contributed by atoms with E-state index in [0.29, 0.717) is 5.92 Å². The lowest BCUT2D eigenvalue weighted by molar-refractivity contribution is -0.00870. The summed E-state index contributed by atoms with van der Waals surface area (Å²) in [5, 5.41) is 0. The number of amidine groups is 1. The fraction of sp³-hybridized carbons (Fsp3) is 0.562. The molecule has 1 aromatic carbocycles. The number of benzene rings is 1. The van der Waals surface area contributed by atoms with E-state index in [4.69, 9.17) is 15.5 Å². The maximum Gasteiger partial charge on any atom is 0.125 e. The Kier molecular flexibility index (Phi) is 3.05. The number of nitrogens with zero attached hydrogens (tertiary/aromatic N) is 2. The predicted molar refractivity (Wildman–Crippen MR) is 86.7 cm³/mol. The highest BCUT2D eigenvalue weighted by atomic mass is 79.9. The second-order valence-corrected chi connectivity index (χ2v) is 7.40. The van der Waals surface area contributed by atoms with Crippen LogP contribution in [0.3, 0.4) is 0 Å². The summed E-state index contributed by atoms with van der Waals surface area (Å²) in [6.07, 6.45) is 3.21. The van der Waals surface area contributed by atoms with Gasteiger partial charge in [-0.25, -0.2) is 0 Å². The molecular weight excluding hydrogens is 330 g/mol. The molecule has 0 aromatic heterocycles. The lowest BCUT2D eigenvalue weighted by Gasteiger charge is -2.49. The first-order valence-electron chi connectivity index (χ1n) is 7.58. The number of rotatable bonds is 0. The van der Waals surface area contributed by atoms with E-state index in [1.165, 1.54) is 5.56 Å². The second kappa shape index (κ2) is 4.71. The van der Waals surface area contributed by atoms with Gasteiger partial charge >= 0.3 is 0 Å². The van der Waals surface area contributed by atoms with E-state index in [1.54, 1.807) is 0 Å². The number of ether oxygens (including phenoxy) is 1. The number of aliphatic imine (C=N–C) groups is 1. The van der Waals surface area contributed by atoms with Gasteiger partial charge < -0.3 is 15.4 Å². The van der Waals surface area contributed by atoms with Crippen molar-refractivity contribution in [3.63, 3.8) is 0 Å². The summed E-state index contributed by atoms with van der Waals surface area (Å²) in [5.74, 6) is 2.16. The van der Waals surface area contributed by atoms with Crippen molar-refractivity contribution in [2.75, 3.05) is 20.1 Å². The Morgan fingerprint density at radius 2 is 2.33 bits per heavy atom. The number of nitrogens with two attached hydrogens (primary N) is 1. The summed E-state index contributed by atoms with van der Waals surface area (Å²) in [6, 6.07) is 6.28. The van der Waals surface area contributed by atoms with Crippen LogP contribution in [0.25, 0.3) is 0 Å². The summed E-state index contributed by atoms with van der Waals surface area (Å²) in [4.78, 5) is 7.34. The van der Waals surface area contributed by atoms with Crippen molar-refractivity contribution in [3.8, 4) is 5.75 Å². The SMILES string of the molecule is CN1CCC2Oc3ccc(Br)cc3C3(CCC(N)=N3)C2C1. The molecule has 1 saturated heterocycles. The first-order chi connectivity index (χ1) is 10.1. The van der Waals surface area contributed by atoms with E-state index in [2.05, 4.69) is 40.0 Å². The number of halogens is 1. The van der Waals surface area contributed by atoms with Crippen molar-refractivity contribution >= 4 is 21.8 Å². The van der Waals surface area contributed by atoms with Crippen molar-refractivity contribution in [2.45, 2.75) is 30.9 Å². The summed E-state index contributed by atoms with van der Waals surface area (Å²) >= 11 is 3.59. The van der Waals surface area contributed by atoms with Gasteiger partial charge in [0.05, 0.1) is 11.4 Å². The maximum absolute atomic E-state index is 6.30. The predicted octanol–water partition coefficient (Wildman–Crippen LogP) is 2.51. The fourth-order valence-corrected chi connectivity index (χ4v) is 4.51. The molecule has 0 saturated carbocycles. The van der Waals surface area contributed by atoms with E-state index in [9.17, 15) is 0 Å². The van der Waals surface area contributed by atoms with Gasteiger partial charge in [0, 0.05) is 35.5 Å². The first-order valence-corrected chi connectivity index (χ1v) is 8.37. The number of piperidine rings is 1. The Morgan fingerprint density at radius 3 is 3.10 bits per heavy atom. The van der Waals surface area contributed by atoms with E-state index in [1.807, 2.05) is 6.07 Å². The molecule has 21 heavy (non-hydrogen) atoms. The molecule has 1 spiro atoms. The average Bonchev–Trinajstić information content (AvgIpc) is 2.84. The minimum absolute atomic E-state index is 0.194. The standard InChI is InChI=1S/C16H20BrN3O/c1-20-7-5-14-12(9-20)16(6-4-15(18)19-16)11-8-10(17)2-3-13(11)21-14/h2-3,8,12,14H,4-7,9H2,1H3,(H2,18,19). The van der Waals surface area contributed by atoms with E-state index >= 15 is 0 Å². The van der Waals surface area contributed by atoms with Crippen LogP contribution in [0.5, 0.6) is 5.75 Å². The van der Waals surface area contributed by atoms with Crippen LogP contribution in [0.2, 0.25) is 0 Å². The molecule has 3 heterocycles. The topological polar surface area (TPSA) is 50.9 Å². The zero-order valence-electron chi connectivity index (χ0n) is 12.2. The van der Waals surface area contributed by atoms with E-state index in [-0.39, 0.29) is 11.6 Å². The lowest BCUT2D eigenvalue weighted by atomic mass is 9.70. The molecule has 0 radical (unpaired) electrons. The van der Waals surface area contributed by atoms with Gasteiger partial charge in [-0.2, -0.15) is 0 Å². The molecule has 3 aliphatic rings. The Bertz CT molecular complexity index is 618. The zero-order chi connectivity index (χ0) is 14.6. The number of hydrogen-bond acceptors (Lipinski definition) is 4. The molecule has 0 bridgehead atoms. The van der Waals surface area contributed by atoms with Gasteiger partial charge in [0.25, 0.3) is 0 Å². The summed E-state index contributed by atoms with van der Waals surface area (Å²) in [6.45, 7) is 2.11. The Balaban J connectivity index is 1.89. The highest BCUT2D eigenvalue weighted by Crippen LogP contribution is 2.53. The highest BCUT2D eigenvalue weighted by molar-refractivity contribution is 9.10. The highest BCUT2D eigenvalue weighted by Gasteiger charge is 2.53. The van der Waals surface area contributed by atoms with Crippen LogP contribution in [0.4, 0.5) is 0 Å². The van der Waals surface area contributed by atoms with E-state index < -0.39 is 0 Å². The number of hydrogen-bond donors (Lipinski definition) is 1. The molecule has 1 fully saturated rings. The molecule has 5 heteroatoms. The molecule has 112 valence electrons. The molecule has 3 atom stereocenters. The average molecular weight is 350 g/mol. The van der Waals surface area contributed by atoms with Gasteiger partial charge in [0.2, 0.25) is 0 Å². The van der Waals surface area contributed by atoms with Gasteiger partial charge in [0.15, 0.2) is 0 Å². The minimum Gasteiger partial charge on any atom is -0.490 e. The second-order valence-electron chi connectivity index (χ2n) is 6.48. The zero-order valence-corrected chi connectivity index (χ0v) is 13.8. The first kappa shape index (κ1) is 13.6. The Hall–Kier alpha value is -1.07. The minimum atomic E-state index is -0.194. The maximum atomic E-state index is 6.30. The normalized spacial score (nSPS) is 35.0. The monoisotopic (exact) mass is 349 g/mol. The third kappa shape index (κ3) is 2.01. The number of likely N-dealkylation sites (tertiary alicyclic amines) is 1. The van der Waals surface area contributed by atoms with Gasteiger partial charge in [0.1, 0.15) is 11.9 Å². The largest absolute Gasteiger partial charge is 0.490 e. The quantitative estimate of drug-likeness (QED) is 0.782. The molecule has 0 aliphatic carbocycles. The molecular formula is C16H20BrN3O. The van der Waals surface area contributed by atoms with Crippen LogP contribution in [0.1, 0.15) is 24.8 Å². The smallest absolute Gasteiger partial charge is 0.125 e. The van der Waals surface area contributed by atoms with Crippen LogP contribution in [-0.4, -0.2) is 37.0 Å². The van der Waals surface area contributed by atoms with Crippen molar-refractivity contribution in [2.24, 2.45) is 16.6 Å². The third-order valence-electron chi connectivity index (χ3n) is 5.16. The lowest BCUT2D eigenvalue weighted by Crippen LogP contribution is -2.55. The van der Waals surface area contributed by atoms with Crippen molar-refractivity contribution in [1.29, 1.82) is 0 Å². The van der Waals surface area contributed by atoms with Crippen molar-refractivity contribution in [1.82, 2.24) is 4.90 Å².